The fraction of sp³-hybridized carbons (Fsp3) is 0.571. The fourth-order valence-electron chi connectivity index (χ4n) is 1.26. The van der Waals surface area contributed by atoms with E-state index in [1.807, 2.05) is 13.8 Å². The van der Waals surface area contributed by atoms with E-state index < -0.39 is 5.60 Å². The van der Waals surface area contributed by atoms with Gasteiger partial charge in [0.05, 0.1) is 5.60 Å². The summed E-state index contributed by atoms with van der Waals surface area (Å²) in [7, 11) is 0. The van der Waals surface area contributed by atoms with Crippen molar-refractivity contribution in [1.29, 1.82) is 0 Å². The third-order valence-electron chi connectivity index (χ3n) is 2.36. The van der Waals surface area contributed by atoms with Crippen LogP contribution in [-0.2, 0) is 0 Å². The van der Waals surface area contributed by atoms with Crippen LogP contribution in [0.15, 0.2) is 33.5 Å². The lowest BCUT2D eigenvalue weighted by molar-refractivity contribution is 0.0550. The quantitative estimate of drug-likeness (QED) is 0.421. The van der Waals surface area contributed by atoms with Gasteiger partial charge in [0.2, 0.25) is 0 Å². The molecule has 0 fully saturated rings. The van der Waals surface area contributed by atoms with Crippen molar-refractivity contribution >= 4 is 22.6 Å². The molecule has 0 bridgehead atoms. The van der Waals surface area contributed by atoms with Crippen molar-refractivity contribution in [2.24, 2.45) is 0 Å². The summed E-state index contributed by atoms with van der Waals surface area (Å²) in [6.45, 7) is 11.9. The fourth-order valence-corrected chi connectivity index (χ4v) is 1.48. The topological polar surface area (TPSA) is 20.2 Å². The summed E-state index contributed by atoms with van der Waals surface area (Å²) in [4.78, 5) is 0. The van der Waals surface area contributed by atoms with Gasteiger partial charge in [-0.1, -0.05) is 24.3 Å². The Morgan fingerprint density at radius 3 is 2.31 bits per heavy atom. The molecule has 0 rings (SSSR count). The molecule has 0 saturated carbocycles. The van der Waals surface area contributed by atoms with E-state index in [1.165, 1.54) is 5.57 Å². The molecule has 0 aliphatic carbocycles. The van der Waals surface area contributed by atoms with Gasteiger partial charge in [0, 0.05) is 3.58 Å². The molecule has 0 amide bonds. The van der Waals surface area contributed by atoms with Crippen molar-refractivity contribution < 1.29 is 5.11 Å². The Morgan fingerprint density at radius 2 is 1.88 bits per heavy atom. The minimum Gasteiger partial charge on any atom is -0.390 e. The minimum absolute atomic E-state index is 0.613. The molecule has 1 N–H and O–H groups in total. The molecule has 0 spiro atoms. The third-order valence-corrected chi connectivity index (χ3v) is 3.73. The monoisotopic (exact) mass is 334 g/mol. The summed E-state index contributed by atoms with van der Waals surface area (Å²) in [5, 5.41) is 10.2. The highest BCUT2D eigenvalue weighted by Crippen LogP contribution is 2.23. The Labute approximate surface area is 113 Å². The Bertz CT molecular complexity index is 294. The van der Waals surface area contributed by atoms with Gasteiger partial charge in [0.1, 0.15) is 0 Å². The maximum atomic E-state index is 10.2. The zero-order valence-electron chi connectivity index (χ0n) is 10.8. The summed E-state index contributed by atoms with van der Waals surface area (Å²) in [5.41, 5.74) is 1.75. The summed E-state index contributed by atoms with van der Waals surface area (Å²) >= 11 is 2.26. The first-order valence-corrected chi connectivity index (χ1v) is 6.70. The van der Waals surface area contributed by atoms with E-state index in [1.54, 1.807) is 0 Å². The van der Waals surface area contributed by atoms with E-state index in [4.69, 9.17) is 0 Å². The lowest BCUT2D eigenvalue weighted by Gasteiger charge is -2.21. The number of aliphatic hydroxyl groups is 1. The maximum absolute atomic E-state index is 10.2. The second-order valence-corrected chi connectivity index (χ2v) is 6.02. The van der Waals surface area contributed by atoms with E-state index in [0.717, 1.165) is 22.0 Å². The van der Waals surface area contributed by atoms with E-state index in [2.05, 4.69) is 55.2 Å². The van der Waals surface area contributed by atoms with Crippen LogP contribution >= 0.6 is 22.6 Å². The molecule has 0 aliphatic rings. The van der Waals surface area contributed by atoms with Crippen LogP contribution in [0.5, 0.6) is 0 Å². The van der Waals surface area contributed by atoms with E-state index in [0.29, 0.717) is 6.42 Å². The van der Waals surface area contributed by atoms with Crippen molar-refractivity contribution in [2.45, 2.75) is 52.6 Å². The van der Waals surface area contributed by atoms with Crippen LogP contribution in [0.25, 0.3) is 0 Å². The maximum Gasteiger partial charge on any atom is 0.0657 e. The molecular formula is C14H23IO. The molecule has 92 valence electrons. The number of hydrogen-bond donors (Lipinski definition) is 1. The van der Waals surface area contributed by atoms with E-state index in [9.17, 15) is 5.11 Å². The molecule has 16 heavy (non-hydrogen) atoms. The Hall–Kier alpha value is -0.0900. The van der Waals surface area contributed by atoms with Crippen LogP contribution in [0.1, 0.15) is 47.0 Å². The van der Waals surface area contributed by atoms with Gasteiger partial charge in [-0.05, 0) is 75.1 Å². The molecule has 0 aromatic heterocycles. The van der Waals surface area contributed by atoms with Crippen molar-refractivity contribution in [3.05, 3.63) is 33.5 Å². The molecule has 1 nitrogen and oxygen atoms in total. The van der Waals surface area contributed by atoms with Crippen LogP contribution in [0.2, 0.25) is 0 Å². The van der Waals surface area contributed by atoms with Crippen molar-refractivity contribution in [1.82, 2.24) is 0 Å². The molecule has 1 unspecified atom stereocenters. The normalized spacial score (nSPS) is 15.5. The highest BCUT2D eigenvalue weighted by atomic mass is 127. The number of rotatable bonds is 6. The average Bonchev–Trinajstić information content (AvgIpc) is 2.13. The van der Waals surface area contributed by atoms with Crippen LogP contribution in [0.3, 0.4) is 0 Å². The molecule has 0 heterocycles. The van der Waals surface area contributed by atoms with E-state index in [-0.39, 0.29) is 0 Å². The predicted molar refractivity (Wildman–Crippen MR) is 80.8 cm³/mol. The number of hydrogen-bond acceptors (Lipinski definition) is 1. The highest BCUT2D eigenvalue weighted by molar-refractivity contribution is 14.1. The van der Waals surface area contributed by atoms with Crippen LogP contribution in [-0.4, -0.2) is 10.7 Å². The second-order valence-electron chi connectivity index (χ2n) is 4.85. The SMILES string of the molecule is C=C(C)/C(I)=C/CC(C)(O)CCC=C(C)C. The summed E-state index contributed by atoms with van der Waals surface area (Å²) in [6.07, 6.45) is 6.66. The minimum atomic E-state index is -0.613. The lowest BCUT2D eigenvalue weighted by atomic mass is 9.95. The molecule has 0 radical (unpaired) electrons. The summed E-state index contributed by atoms with van der Waals surface area (Å²) < 4.78 is 1.14. The predicted octanol–water partition coefficient (Wildman–Crippen LogP) is 4.77. The first-order chi connectivity index (χ1) is 7.24. The highest BCUT2D eigenvalue weighted by Gasteiger charge is 2.17. The molecule has 2 heteroatoms. The standard InChI is InChI=1S/C14H23IO/c1-11(2)7-6-9-14(5,16)10-8-13(15)12(3)4/h7-8,16H,3,6,9-10H2,1-2,4-5H3/b13-8-. The molecular weight excluding hydrogens is 311 g/mol. The van der Waals surface area contributed by atoms with E-state index >= 15 is 0 Å². The summed E-state index contributed by atoms with van der Waals surface area (Å²) in [5.74, 6) is 0. The lowest BCUT2D eigenvalue weighted by Crippen LogP contribution is -2.22. The third kappa shape index (κ3) is 8.11. The van der Waals surface area contributed by atoms with Gasteiger partial charge in [-0.15, -0.1) is 0 Å². The number of halogens is 1. The van der Waals surface area contributed by atoms with Gasteiger partial charge >= 0.3 is 0 Å². The van der Waals surface area contributed by atoms with Crippen molar-refractivity contribution in [3.8, 4) is 0 Å². The van der Waals surface area contributed by atoms with Crippen molar-refractivity contribution in [3.63, 3.8) is 0 Å². The average molecular weight is 334 g/mol. The van der Waals surface area contributed by atoms with Gasteiger partial charge in [0.15, 0.2) is 0 Å². The first kappa shape index (κ1) is 15.9. The zero-order valence-corrected chi connectivity index (χ0v) is 13.0. The van der Waals surface area contributed by atoms with Gasteiger partial charge in [0.25, 0.3) is 0 Å². The van der Waals surface area contributed by atoms with Gasteiger partial charge in [-0.2, -0.15) is 0 Å². The molecule has 1 atom stereocenters. The molecule has 0 aromatic carbocycles. The van der Waals surface area contributed by atoms with Crippen molar-refractivity contribution in [2.75, 3.05) is 0 Å². The smallest absolute Gasteiger partial charge is 0.0657 e. The first-order valence-electron chi connectivity index (χ1n) is 5.62. The summed E-state index contributed by atoms with van der Waals surface area (Å²) in [6, 6.07) is 0. The van der Waals surface area contributed by atoms with Crippen LogP contribution < -0.4 is 0 Å². The largest absolute Gasteiger partial charge is 0.390 e. The Balaban J connectivity index is 4.20. The van der Waals surface area contributed by atoms with Crippen LogP contribution in [0.4, 0.5) is 0 Å². The Morgan fingerprint density at radius 1 is 1.31 bits per heavy atom. The molecule has 0 aliphatic heterocycles. The van der Waals surface area contributed by atoms with Gasteiger partial charge in [-0.3, -0.25) is 0 Å². The molecule has 0 saturated heterocycles. The molecule has 0 aromatic rings. The zero-order chi connectivity index (χ0) is 12.8. The second kappa shape index (κ2) is 7.28. The van der Waals surface area contributed by atoms with Gasteiger partial charge in [-0.25, -0.2) is 0 Å². The van der Waals surface area contributed by atoms with Crippen LogP contribution in [0, 0.1) is 0 Å². The number of allylic oxidation sites excluding steroid dienone is 4. The Kier molecular flexibility index (Phi) is 7.24. The van der Waals surface area contributed by atoms with Gasteiger partial charge < -0.3 is 5.11 Å².